The molecule has 13 heavy (non-hydrogen) atoms. The lowest BCUT2D eigenvalue weighted by atomic mass is 9.97. The maximum atomic E-state index is 4.22. The first-order valence-electron chi connectivity index (χ1n) is 4.97. The van der Waals surface area contributed by atoms with Crippen LogP contribution in [-0.2, 0) is 6.42 Å². The van der Waals surface area contributed by atoms with E-state index >= 15 is 0 Å². The van der Waals surface area contributed by atoms with Crippen LogP contribution in [0.4, 0.5) is 0 Å². The van der Waals surface area contributed by atoms with Crippen molar-refractivity contribution >= 4 is 12.6 Å². The lowest BCUT2D eigenvalue weighted by Gasteiger charge is -2.09. The second-order valence-corrected chi connectivity index (χ2v) is 3.97. The van der Waals surface area contributed by atoms with Crippen LogP contribution in [0.5, 0.6) is 0 Å². The Bertz CT molecular complexity index is 238. The molecule has 72 valence electrons. The van der Waals surface area contributed by atoms with E-state index in [1.807, 2.05) is 0 Å². The summed E-state index contributed by atoms with van der Waals surface area (Å²) >= 11 is 4.22. The number of hydrogen-bond acceptors (Lipinski definition) is 1. The second-order valence-electron chi connectivity index (χ2n) is 3.52. The Kier molecular flexibility index (Phi) is 4.37. The molecule has 0 aromatic heterocycles. The third kappa shape index (κ3) is 3.07. The van der Waals surface area contributed by atoms with Gasteiger partial charge in [-0.1, -0.05) is 38.1 Å². The van der Waals surface area contributed by atoms with Gasteiger partial charge in [0.15, 0.2) is 0 Å². The molecule has 1 atom stereocenters. The van der Waals surface area contributed by atoms with Crippen molar-refractivity contribution in [3.05, 3.63) is 35.4 Å². The molecule has 0 aliphatic heterocycles. The molecule has 0 saturated heterocycles. The molecule has 1 heteroatoms. The first kappa shape index (κ1) is 10.6. The lowest BCUT2D eigenvalue weighted by Crippen LogP contribution is -1.92. The highest BCUT2D eigenvalue weighted by Crippen LogP contribution is 2.18. The van der Waals surface area contributed by atoms with Crippen LogP contribution in [0.3, 0.4) is 0 Å². The van der Waals surface area contributed by atoms with Crippen LogP contribution in [0.1, 0.15) is 37.3 Å². The molecule has 1 unspecified atom stereocenters. The Labute approximate surface area is 86.8 Å². The van der Waals surface area contributed by atoms with Crippen LogP contribution < -0.4 is 0 Å². The zero-order chi connectivity index (χ0) is 9.68. The smallest absolute Gasteiger partial charge is 0.00574 e. The van der Waals surface area contributed by atoms with Crippen molar-refractivity contribution in [1.82, 2.24) is 0 Å². The fourth-order valence-corrected chi connectivity index (χ4v) is 1.64. The molecule has 1 rings (SSSR count). The third-order valence-electron chi connectivity index (χ3n) is 2.56. The summed E-state index contributed by atoms with van der Waals surface area (Å²) in [5, 5.41) is 0. The minimum absolute atomic E-state index is 0.685. The maximum Gasteiger partial charge on any atom is -0.00574 e. The van der Waals surface area contributed by atoms with Gasteiger partial charge in [0, 0.05) is 0 Å². The molecule has 1 aromatic rings. The van der Waals surface area contributed by atoms with Gasteiger partial charge in [-0.15, -0.1) is 0 Å². The zero-order valence-corrected chi connectivity index (χ0v) is 9.35. The van der Waals surface area contributed by atoms with E-state index in [0.29, 0.717) is 5.92 Å². The molecule has 0 amide bonds. The Balaban J connectivity index is 2.69. The molecule has 0 spiro atoms. The number of benzene rings is 1. The van der Waals surface area contributed by atoms with Crippen molar-refractivity contribution in [1.29, 1.82) is 0 Å². The summed E-state index contributed by atoms with van der Waals surface area (Å²) in [6, 6.07) is 8.93. The molecule has 1 aromatic carbocycles. The molecule has 0 fully saturated rings. The number of aryl methyl sites for hydroxylation is 1. The van der Waals surface area contributed by atoms with Crippen molar-refractivity contribution in [3.63, 3.8) is 0 Å². The minimum Gasteiger partial charge on any atom is -0.179 e. The van der Waals surface area contributed by atoms with Crippen molar-refractivity contribution in [2.45, 2.75) is 32.6 Å². The summed E-state index contributed by atoms with van der Waals surface area (Å²) in [5.41, 5.74) is 2.84. The van der Waals surface area contributed by atoms with Crippen LogP contribution in [0.15, 0.2) is 24.3 Å². The highest BCUT2D eigenvalue weighted by Gasteiger charge is 2.01. The van der Waals surface area contributed by atoms with E-state index in [1.54, 1.807) is 0 Å². The Morgan fingerprint density at radius 3 is 2.31 bits per heavy atom. The van der Waals surface area contributed by atoms with Gasteiger partial charge in [0.2, 0.25) is 0 Å². The predicted octanol–water partition coefficient (Wildman–Crippen LogP) is 3.67. The van der Waals surface area contributed by atoms with Crippen molar-refractivity contribution < 1.29 is 0 Å². The van der Waals surface area contributed by atoms with Crippen molar-refractivity contribution in [2.75, 3.05) is 5.75 Å². The van der Waals surface area contributed by atoms with Crippen LogP contribution in [0.2, 0.25) is 0 Å². The summed E-state index contributed by atoms with van der Waals surface area (Å²) in [6.45, 7) is 4.50. The topological polar surface area (TPSA) is 0 Å². The molecule has 0 aliphatic carbocycles. The van der Waals surface area contributed by atoms with E-state index < -0.39 is 0 Å². The SMILES string of the molecule is CCC(C)c1ccc(CCS)cc1. The Hall–Kier alpha value is -0.430. The number of rotatable bonds is 4. The molecule has 0 nitrogen and oxygen atoms in total. The first-order valence-corrected chi connectivity index (χ1v) is 5.60. The van der Waals surface area contributed by atoms with E-state index in [1.165, 1.54) is 17.5 Å². The average Bonchev–Trinajstić information content (AvgIpc) is 2.18. The van der Waals surface area contributed by atoms with E-state index in [0.717, 1.165) is 12.2 Å². The predicted molar refractivity (Wildman–Crippen MR) is 62.7 cm³/mol. The van der Waals surface area contributed by atoms with Crippen LogP contribution in [-0.4, -0.2) is 5.75 Å². The van der Waals surface area contributed by atoms with Crippen LogP contribution >= 0.6 is 12.6 Å². The van der Waals surface area contributed by atoms with Gasteiger partial charge in [-0.05, 0) is 35.6 Å². The molecule has 0 saturated carbocycles. The lowest BCUT2D eigenvalue weighted by molar-refractivity contribution is 0.733. The first-order chi connectivity index (χ1) is 6.27. The third-order valence-corrected chi connectivity index (χ3v) is 2.79. The van der Waals surface area contributed by atoms with Gasteiger partial charge in [-0.25, -0.2) is 0 Å². The molecular weight excluding hydrogens is 176 g/mol. The Morgan fingerprint density at radius 2 is 1.85 bits per heavy atom. The fraction of sp³-hybridized carbons (Fsp3) is 0.500. The molecule has 0 aliphatic rings. The van der Waals surface area contributed by atoms with E-state index in [-0.39, 0.29) is 0 Å². The quantitative estimate of drug-likeness (QED) is 0.695. The summed E-state index contributed by atoms with van der Waals surface area (Å²) in [7, 11) is 0. The van der Waals surface area contributed by atoms with Gasteiger partial charge in [-0.3, -0.25) is 0 Å². The van der Waals surface area contributed by atoms with Crippen LogP contribution in [0.25, 0.3) is 0 Å². The summed E-state index contributed by atoms with van der Waals surface area (Å²) < 4.78 is 0. The normalized spacial score (nSPS) is 12.8. The minimum atomic E-state index is 0.685. The van der Waals surface area contributed by atoms with Gasteiger partial charge < -0.3 is 0 Å². The van der Waals surface area contributed by atoms with Crippen LogP contribution in [0, 0.1) is 0 Å². The summed E-state index contributed by atoms with van der Waals surface area (Å²) in [4.78, 5) is 0. The highest BCUT2D eigenvalue weighted by molar-refractivity contribution is 7.80. The molecule has 0 bridgehead atoms. The summed E-state index contributed by atoms with van der Waals surface area (Å²) in [5.74, 6) is 1.62. The van der Waals surface area contributed by atoms with E-state index in [9.17, 15) is 0 Å². The molecular formula is C12H18S. The standard InChI is InChI=1S/C12H18S/c1-3-10(2)12-6-4-11(5-7-12)8-9-13/h4-7,10,13H,3,8-9H2,1-2H3. The van der Waals surface area contributed by atoms with Gasteiger partial charge in [0.25, 0.3) is 0 Å². The van der Waals surface area contributed by atoms with E-state index in [4.69, 9.17) is 0 Å². The van der Waals surface area contributed by atoms with Gasteiger partial charge in [0.1, 0.15) is 0 Å². The zero-order valence-electron chi connectivity index (χ0n) is 8.46. The summed E-state index contributed by atoms with van der Waals surface area (Å²) in [6.07, 6.45) is 2.29. The van der Waals surface area contributed by atoms with Gasteiger partial charge >= 0.3 is 0 Å². The number of thiol groups is 1. The average molecular weight is 194 g/mol. The highest BCUT2D eigenvalue weighted by atomic mass is 32.1. The van der Waals surface area contributed by atoms with Gasteiger partial charge in [-0.2, -0.15) is 12.6 Å². The fourth-order valence-electron chi connectivity index (χ4n) is 1.38. The monoisotopic (exact) mass is 194 g/mol. The molecule has 0 heterocycles. The Morgan fingerprint density at radius 1 is 1.23 bits per heavy atom. The van der Waals surface area contributed by atoms with Gasteiger partial charge in [0.05, 0.1) is 0 Å². The molecule has 0 N–H and O–H groups in total. The number of hydrogen-bond donors (Lipinski definition) is 1. The van der Waals surface area contributed by atoms with E-state index in [2.05, 4.69) is 50.7 Å². The second kappa shape index (κ2) is 5.33. The molecule has 0 radical (unpaired) electrons. The van der Waals surface area contributed by atoms with Crippen molar-refractivity contribution in [2.24, 2.45) is 0 Å². The largest absolute Gasteiger partial charge is 0.179 e. The maximum absolute atomic E-state index is 4.22. The van der Waals surface area contributed by atoms with Crippen molar-refractivity contribution in [3.8, 4) is 0 Å².